The maximum atomic E-state index is 14.8. The van der Waals surface area contributed by atoms with Crippen molar-refractivity contribution in [2.24, 2.45) is 0 Å². The van der Waals surface area contributed by atoms with Gasteiger partial charge in [-0.15, -0.1) is 0 Å². The molecule has 0 aliphatic carbocycles. The van der Waals surface area contributed by atoms with Crippen LogP contribution in [-0.4, -0.2) is 40.0 Å². The van der Waals surface area contributed by atoms with Crippen LogP contribution in [0, 0.1) is 20.8 Å². The number of para-hydroxylation sites is 1. The molecular formula is C36H47N3O4. The van der Waals surface area contributed by atoms with Gasteiger partial charge in [0.2, 0.25) is 5.91 Å². The first-order valence-corrected chi connectivity index (χ1v) is 14.9. The largest absolute Gasteiger partial charge is 0.444 e. The van der Waals surface area contributed by atoms with E-state index in [2.05, 4.69) is 10.6 Å². The van der Waals surface area contributed by atoms with Gasteiger partial charge in [0.15, 0.2) is 0 Å². The zero-order valence-electron chi connectivity index (χ0n) is 27.1. The molecule has 230 valence electrons. The Bertz CT molecular complexity index is 1410. The Morgan fingerprint density at radius 1 is 0.837 bits per heavy atom. The number of benzene rings is 3. The van der Waals surface area contributed by atoms with Gasteiger partial charge in [0, 0.05) is 17.6 Å². The van der Waals surface area contributed by atoms with Crippen molar-refractivity contribution in [2.75, 3.05) is 5.32 Å². The molecule has 2 atom stereocenters. The first-order chi connectivity index (χ1) is 20.1. The van der Waals surface area contributed by atoms with Crippen molar-refractivity contribution in [3.05, 3.63) is 101 Å². The second-order valence-corrected chi connectivity index (χ2v) is 12.9. The molecule has 3 amide bonds. The van der Waals surface area contributed by atoms with E-state index in [9.17, 15) is 14.4 Å². The maximum Gasteiger partial charge on any atom is 0.408 e. The Balaban J connectivity index is 2.18. The lowest BCUT2D eigenvalue weighted by Crippen LogP contribution is -2.59. The summed E-state index contributed by atoms with van der Waals surface area (Å²) in [6, 6.07) is 21.1. The van der Waals surface area contributed by atoms with Crippen molar-refractivity contribution in [1.29, 1.82) is 0 Å². The highest BCUT2D eigenvalue weighted by molar-refractivity contribution is 5.99. The van der Waals surface area contributed by atoms with Crippen LogP contribution >= 0.6 is 0 Å². The number of carbonyl (C=O) groups excluding carboxylic acids is 3. The van der Waals surface area contributed by atoms with Crippen LogP contribution in [0.25, 0.3) is 0 Å². The summed E-state index contributed by atoms with van der Waals surface area (Å²) in [6.07, 6.45) is 0.111. The molecular weight excluding hydrogens is 538 g/mol. The van der Waals surface area contributed by atoms with Crippen LogP contribution in [-0.2, 0) is 20.7 Å². The van der Waals surface area contributed by atoms with E-state index in [1.54, 1.807) is 25.7 Å². The van der Waals surface area contributed by atoms with Crippen LogP contribution in [0.15, 0.2) is 72.8 Å². The van der Waals surface area contributed by atoms with Gasteiger partial charge in [0.25, 0.3) is 5.91 Å². The third-order valence-corrected chi connectivity index (χ3v) is 7.50. The van der Waals surface area contributed by atoms with Gasteiger partial charge < -0.3 is 20.3 Å². The van der Waals surface area contributed by atoms with Gasteiger partial charge in [0.1, 0.15) is 17.7 Å². The molecule has 3 rings (SSSR count). The lowest BCUT2D eigenvalue weighted by molar-refractivity contribution is -0.147. The summed E-state index contributed by atoms with van der Waals surface area (Å²) in [5, 5.41) is 5.94. The van der Waals surface area contributed by atoms with E-state index < -0.39 is 29.3 Å². The zero-order chi connectivity index (χ0) is 31.9. The van der Waals surface area contributed by atoms with E-state index in [0.717, 1.165) is 22.3 Å². The number of amides is 3. The van der Waals surface area contributed by atoms with Gasteiger partial charge >= 0.3 is 6.09 Å². The molecule has 0 aliphatic rings. The van der Waals surface area contributed by atoms with Crippen LogP contribution in [0.3, 0.4) is 0 Å². The molecule has 2 N–H and O–H groups in total. The Morgan fingerprint density at radius 3 is 1.98 bits per heavy atom. The summed E-state index contributed by atoms with van der Waals surface area (Å²) in [4.78, 5) is 43.9. The summed E-state index contributed by atoms with van der Waals surface area (Å²) < 4.78 is 5.56. The summed E-state index contributed by atoms with van der Waals surface area (Å²) in [5.41, 5.74) is 3.63. The van der Waals surface area contributed by atoms with Gasteiger partial charge in [-0.2, -0.15) is 0 Å². The monoisotopic (exact) mass is 585 g/mol. The molecule has 3 aromatic carbocycles. The summed E-state index contributed by atoms with van der Waals surface area (Å²) in [7, 11) is 0. The molecule has 0 heterocycles. The molecule has 0 saturated heterocycles. The molecule has 0 aromatic heterocycles. The molecule has 0 bridgehead atoms. The van der Waals surface area contributed by atoms with Crippen LogP contribution in [0.5, 0.6) is 0 Å². The summed E-state index contributed by atoms with van der Waals surface area (Å²) in [5.74, 6) is -0.699. The number of aryl methyl sites for hydroxylation is 3. The quantitative estimate of drug-likeness (QED) is 0.259. The molecule has 3 aromatic rings. The Kier molecular flexibility index (Phi) is 10.8. The third kappa shape index (κ3) is 9.18. The SMILES string of the molecule is CCC(C)(C)N(C(=O)C(Cc1ccccc1)NC(=O)OC(C)(C)C)C(C(=O)Nc1ccccc1C)c1cc(C)cc(C)c1. The Hall–Kier alpha value is -4.13. The minimum absolute atomic E-state index is 0.230. The first kappa shape index (κ1) is 33.4. The van der Waals surface area contributed by atoms with Crippen molar-refractivity contribution < 1.29 is 19.1 Å². The van der Waals surface area contributed by atoms with Crippen LogP contribution in [0.1, 0.15) is 81.8 Å². The van der Waals surface area contributed by atoms with Crippen LogP contribution in [0.4, 0.5) is 10.5 Å². The molecule has 2 unspecified atom stereocenters. The van der Waals surface area contributed by atoms with Crippen LogP contribution < -0.4 is 10.6 Å². The molecule has 7 nitrogen and oxygen atoms in total. The second-order valence-electron chi connectivity index (χ2n) is 12.9. The Labute approximate surface area is 257 Å². The average Bonchev–Trinajstić information content (AvgIpc) is 2.91. The van der Waals surface area contributed by atoms with Crippen molar-refractivity contribution in [2.45, 2.75) is 98.4 Å². The predicted octanol–water partition coefficient (Wildman–Crippen LogP) is 7.44. The highest BCUT2D eigenvalue weighted by atomic mass is 16.6. The van der Waals surface area contributed by atoms with Gasteiger partial charge in [-0.25, -0.2) is 4.79 Å². The number of rotatable bonds is 10. The minimum atomic E-state index is -0.984. The van der Waals surface area contributed by atoms with Crippen molar-refractivity contribution >= 4 is 23.6 Å². The lowest BCUT2D eigenvalue weighted by Gasteiger charge is -2.44. The molecule has 43 heavy (non-hydrogen) atoms. The normalized spacial score (nSPS) is 13.0. The van der Waals surface area contributed by atoms with Gasteiger partial charge in [0.05, 0.1) is 0 Å². The number of anilines is 1. The van der Waals surface area contributed by atoms with E-state index in [4.69, 9.17) is 4.74 Å². The predicted molar refractivity (Wildman–Crippen MR) is 173 cm³/mol. The number of hydrogen-bond acceptors (Lipinski definition) is 4. The lowest BCUT2D eigenvalue weighted by atomic mass is 9.90. The van der Waals surface area contributed by atoms with E-state index in [-0.39, 0.29) is 18.2 Å². The first-order valence-electron chi connectivity index (χ1n) is 14.9. The van der Waals surface area contributed by atoms with Gasteiger partial charge in [-0.3, -0.25) is 9.59 Å². The number of nitrogens with one attached hydrogen (secondary N) is 2. The molecule has 0 saturated carbocycles. The average molecular weight is 586 g/mol. The number of carbonyl (C=O) groups is 3. The van der Waals surface area contributed by atoms with Gasteiger partial charge in [-0.05, 0) is 84.6 Å². The minimum Gasteiger partial charge on any atom is -0.444 e. The Morgan fingerprint density at radius 2 is 1.42 bits per heavy atom. The second kappa shape index (κ2) is 13.9. The topological polar surface area (TPSA) is 87.7 Å². The van der Waals surface area contributed by atoms with E-state index in [1.165, 1.54) is 0 Å². The molecule has 0 aliphatic heterocycles. The number of hydrogen-bond donors (Lipinski definition) is 2. The molecule has 7 heteroatoms. The molecule has 0 spiro atoms. The van der Waals surface area contributed by atoms with Gasteiger partial charge in [-0.1, -0.05) is 84.8 Å². The van der Waals surface area contributed by atoms with E-state index >= 15 is 0 Å². The fourth-order valence-electron chi connectivity index (χ4n) is 5.11. The standard InChI is InChI=1S/C36H47N3O4/c1-10-36(8,9)39(33(41)30(23-27-17-12-11-13-18-27)38-34(42)43-35(5,6)7)31(28-21-24(2)20-25(3)22-28)32(40)37-29-19-15-14-16-26(29)4/h11-22,30-31H,10,23H2,1-9H3,(H,37,40)(H,38,42). The van der Waals surface area contributed by atoms with Crippen LogP contribution in [0.2, 0.25) is 0 Å². The number of ether oxygens (including phenoxy) is 1. The summed E-state index contributed by atoms with van der Waals surface area (Å²) >= 11 is 0. The van der Waals surface area contributed by atoms with Crippen molar-refractivity contribution in [1.82, 2.24) is 10.2 Å². The number of alkyl carbamates (subject to hydrolysis) is 1. The zero-order valence-corrected chi connectivity index (χ0v) is 27.1. The number of nitrogens with zero attached hydrogens (tertiary/aromatic N) is 1. The fraction of sp³-hybridized carbons (Fsp3) is 0.417. The fourth-order valence-corrected chi connectivity index (χ4v) is 5.11. The smallest absolute Gasteiger partial charge is 0.408 e. The highest BCUT2D eigenvalue weighted by Crippen LogP contribution is 2.34. The highest BCUT2D eigenvalue weighted by Gasteiger charge is 2.43. The molecule has 0 fully saturated rings. The molecule has 0 radical (unpaired) electrons. The summed E-state index contributed by atoms with van der Waals surface area (Å²) in [6.45, 7) is 17.1. The van der Waals surface area contributed by atoms with E-state index in [0.29, 0.717) is 17.7 Å². The van der Waals surface area contributed by atoms with Crippen molar-refractivity contribution in [3.8, 4) is 0 Å². The van der Waals surface area contributed by atoms with Crippen molar-refractivity contribution in [3.63, 3.8) is 0 Å². The maximum absolute atomic E-state index is 14.8. The third-order valence-electron chi connectivity index (χ3n) is 7.50. The van der Waals surface area contributed by atoms with E-state index in [1.807, 2.05) is 114 Å².